The zero-order valence-electron chi connectivity index (χ0n) is 83.0. The predicted molar refractivity (Wildman–Crippen MR) is 595 cm³/mol. The van der Waals surface area contributed by atoms with E-state index >= 15 is 0 Å². The molecule has 14 N–H and O–H groups in total. The smallest absolute Gasteiger partial charge is 0.211 e. The molecule has 0 amide bonds. The summed E-state index contributed by atoms with van der Waals surface area (Å²) in [6.07, 6.45) is 21.9. The van der Waals surface area contributed by atoms with Crippen molar-refractivity contribution < 1.29 is 34.8 Å². The largest absolute Gasteiger partial charge is 0.383 e. The van der Waals surface area contributed by atoms with E-state index in [0.717, 1.165) is 165 Å². The molecule has 0 saturated carbocycles. The van der Waals surface area contributed by atoms with E-state index in [1.807, 2.05) is 35.2 Å². The van der Waals surface area contributed by atoms with Crippen LogP contribution in [0.15, 0.2) is 153 Å². The van der Waals surface area contributed by atoms with E-state index < -0.39 is 15.8 Å². The number of nitrogens with one attached hydrogen (secondary N) is 14. The minimum atomic E-state index is -3.17. The van der Waals surface area contributed by atoms with Crippen LogP contribution in [0.5, 0.6) is 0 Å². The molecule has 0 aromatic carbocycles. The summed E-state index contributed by atoms with van der Waals surface area (Å²) in [6.45, 7) is 27.6. The van der Waals surface area contributed by atoms with Crippen molar-refractivity contribution in [3.05, 3.63) is 192 Å². The number of halogens is 6. The van der Waals surface area contributed by atoms with Crippen molar-refractivity contribution in [1.29, 1.82) is 0 Å². The lowest BCUT2D eigenvalue weighted by atomic mass is 10.00. The molecule has 792 valence electrons. The number of anilines is 8. The van der Waals surface area contributed by atoms with Gasteiger partial charge in [-0.2, -0.15) is 34.9 Å². The second kappa shape index (κ2) is 52.5. The van der Waals surface area contributed by atoms with E-state index in [0.29, 0.717) is 214 Å². The van der Waals surface area contributed by atoms with Crippen molar-refractivity contribution in [2.75, 3.05) is 225 Å². The molecule has 0 spiro atoms. The Balaban J connectivity index is 0.000000128. The molecule has 0 radical (unpaired) electrons. The first-order valence-electron chi connectivity index (χ1n) is 49.7. The first kappa shape index (κ1) is 109. The molecule has 7 fully saturated rings. The van der Waals surface area contributed by atoms with Gasteiger partial charge in [0.05, 0.1) is 112 Å². The third kappa shape index (κ3) is 30.3. The summed E-state index contributed by atoms with van der Waals surface area (Å²) in [5.74, 6) is -1.20. The molecule has 21 heterocycles. The highest BCUT2D eigenvalue weighted by Gasteiger charge is 2.34. The van der Waals surface area contributed by atoms with E-state index in [4.69, 9.17) is 73.3 Å². The minimum absolute atomic E-state index is 0.346. The predicted octanol–water partition coefficient (Wildman–Crippen LogP) is 7.85. The molecular weight excluding hydrogens is 2060 g/mol. The lowest BCUT2D eigenvalue weighted by Gasteiger charge is -2.44. The molecule has 8 aromatic rings. The quantitative estimate of drug-likeness (QED) is 0.0371. The van der Waals surface area contributed by atoms with Crippen LogP contribution in [-0.4, -0.2) is 359 Å². The topological polar surface area (TPSA) is 412 Å². The normalized spacial score (nSPS) is 21.5. The van der Waals surface area contributed by atoms with Crippen molar-refractivity contribution in [3.8, 4) is 0 Å². The van der Waals surface area contributed by atoms with Gasteiger partial charge in [0.2, 0.25) is 10.0 Å². The summed E-state index contributed by atoms with van der Waals surface area (Å²) in [4.78, 5) is 52.9. The molecule has 13 aliphatic heterocycles. The Morgan fingerprint density at radius 2 is 0.671 bits per heavy atom. The number of pyridine rings is 8. The highest BCUT2D eigenvalue weighted by atomic mass is 32.2. The van der Waals surface area contributed by atoms with Crippen molar-refractivity contribution in [3.63, 3.8) is 0 Å². The average molecular weight is 2180 g/mol. The third-order valence-corrected chi connectivity index (χ3v) is 29.7. The van der Waals surface area contributed by atoms with Crippen LogP contribution in [0, 0.1) is 34.9 Å². The number of piperazine rings is 6. The Kier molecular flexibility index (Phi) is 38.4. The van der Waals surface area contributed by atoms with Crippen LogP contribution in [0.3, 0.4) is 0 Å². The van der Waals surface area contributed by atoms with Gasteiger partial charge in [-0.3, -0.25) is 42.4 Å². The SMILES string of the molecule is CC1CN(C(=S)N/N=C2/CCNc3cc(F)cnc32)CCN1.CS(=O)(=O)N1CCN(C(=S)N/N=C2/CCNc3cc(F)cnc32)CC1.C[C@@H]1CN(C(=S)N/N=C2/CCNc3cc(F)cnc32)C[C@H](C)N1.Fc1cnc2c(c1)NCC/C2=N/NC(=S)N1CCN(c2ccccn2)CC1.Fc1cnc2c(c1)NCC/C2=N/NC(=S)N1CCN(c2ccncc2)CC1.Fc1cnc2c(c1)NCC/C2=N/NC(=S)N1CCN2CCCCC2C1. The van der Waals surface area contributed by atoms with E-state index in [1.165, 1.54) is 109 Å². The van der Waals surface area contributed by atoms with Gasteiger partial charge < -0.3 is 81.7 Å². The van der Waals surface area contributed by atoms with Gasteiger partial charge >= 0.3 is 0 Å². The number of aromatic nitrogens is 8. The number of rotatable bonds is 9. The molecule has 13 aliphatic rings. The maximum atomic E-state index is 13.3. The monoisotopic (exact) mass is 2180 g/mol. The number of nitrogens with zero attached hydrogens (tertiary/aromatic N) is 24. The van der Waals surface area contributed by atoms with Crippen LogP contribution in [0.4, 0.5) is 72.0 Å². The zero-order valence-corrected chi connectivity index (χ0v) is 88.7. The lowest BCUT2D eigenvalue weighted by Crippen LogP contribution is -2.57. The Labute approximate surface area is 893 Å². The van der Waals surface area contributed by atoms with Crippen LogP contribution in [0.25, 0.3) is 0 Å². The Morgan fingerprint density at radius 3 is 1.01 bits per heavy atom. The number of hydrazone groups is 6. The van der Waals surface area contributed by atoms with Crippen LogP contribution >= 0.6 is 73.3 Å². The third-order valence-electron chi connectivity index (χ3n) is 26.3. The van der Waals surface area contributed by atoms with Crippen molar-refractivity contribution in [1.82, 2.24) is 122 Å². The number of piperidine rings is 1. The standard InChI is InChI=1S/2C18H20FN7S.C17H23FN6S.C15H21FN6S.C14H19FN6O2S2.C14H19FN6S/c19-13-11-16-17(22-12-13)15(3-6-21-16)23-24-18(27)26-9-7-25(8-10-26)14-1-4-20-5-2-14;19-13-11-15-17(22-12-13)14(4-6-20-15)23-24-18(27)26-9-7-25(8-10-26)16-3-1-2-5-21-16;18-12-9-15-16(20-10-12)14(4-5-19-15)21-22-17(25)24-8-7-23-6-2-1-3-13(23)11-24;1-9-7-22(8-10(2)19-9)15(23)21-20-12-3-4-17-13-5-11(16)6-18-14(12)13;1-25(22,23)21-6-4-20(5-7-21)14(24)19-18-11-2-3-16-12-8-10(15)9-17-13(11)12;1-9-8-21(5-4-16-9)14(22)20-19-11-2-3-17-12-6-10(15)7-18-13(11)12/h1-2,4-5,11-12,21H,3,6-10H2,(H,24,27);1-3,5,11-12,20H,4,6-10H2,(H,24,27);9-10,13,19H,1-8,11H2,(H,22,25);5-6,9-10,17,19H,3-4,7-8H2,1-2H3,(H,21,23);8-9,16H,2-7H2,1H3,(H,19,24);6-7,9,16-17H,2-5,8H2,1H3,(H,20,22)/b23-15-;23-14-;21-14-;20-12-;18-11-;19-11-/t;;;9-,10+;;. The molecule has 2 unspecified atom stereocenters. The van der Waals surface area contributed by atoms with Gasteiger partial charge in [-0.25, -0.2) is 69.6 Å². The summed E-state index contributed by atoms with van der Waals surface area (Å²) in [5.41, 5.74) is 31.6. The highest BCUT2D eigenvalue weighted by molar-refractivity contribution is 7.88. The maximum Gasteiger partial charge on any atom is 0.211 e. The number of fused-ring (bicyclic) bond motifs is 7. The highest BCUT2D eigenvalue weighted by Crippen LogP contribution is 2.30. The van der Waals surface area contributed by atoms with Gasteiger partial charge in [0.15, 0.2) is 30.7 Å². The molecule has 21 rings (SSSR count). The van der Waals surface area contributed by atoms with Gasteiger partial charge in [-0.05, 0) is 138 Å². The van der Waals surface area contributed by atoms with Crippen LogP contribution in [0.2, 0.25) is 0 Å². The lowest BCUT2D eigenvalue weighted by molar-refractivity contribution is 0.0799. The summed E-state index contributed by atoms with van der Waals surface area (Å²) in [5, 5.41) is 55.6. The van der Waals surface area contributed by atoms with E-state index in [1.54, 1.807) is 18.6 Å². The number of sulfonamides is 1. The molecule has 4 atom stereocenters. The Morgan fingerprint density at radius 1 is 0.349 bits per heavy atom. The Hall–Kier alpha value is -12.9. The summed E-state index contributed by atoms with van der Waals surface area (Å²) >= 11 is 32.7. The van der Waals surface area contributed by atoms with Gasteiger partial charge in [0.1, 0.15) is 74.9 Å². The second-order valence-electron chi connectivity index (χ2n) is 37.0. The van der Waals surface area contributed by atoms with Gasteiger partial charge in [0.25, 0.3) is 0 Å². The number of hydrogen-bond acceptors (Lipinski definition) is 33. The van der Waals surface area contributed by atoms with Crippen molar-refractivity contribution in [2.45, 2.75) is 103 Å². The molecule has 40 nitrogen and oxygen atoms in total. The fourth-order valence-electron chi connectivity index (χ4n) is 18.8. The van der Waals surface area contributed by atoms with Gasteiger partial charge in [-0.1, -0.05) is 12.5 Å². The first-order valence-corrected chi connectivity index (χ1v) is 54.0. The Bertz CT molecular complexity index is 6230. The van der Waals surface area contributed by atoms with E-state index in [9.17, 15) is 34.8 Å². The fraction of sp³-hybridized carbons (Fsp3) is 0.458. The number of hydrogen-bond donors (Lipinski definition) is 14. The van der Waals surface area contributed by atoms with Crippen LogP contribution < -0.4 is 84.9 Å². The summed E-state index contributed by atoms with van der Waals surface area (Å²) < 4.78 is 104. The summed E-state index contributed by atoms with van der Waals surface area (Å²) in [7, 11) is -3.17. The average Bonchev–Trinajstić information content (AvgIpc) is 0.808. The van der Waals surface area contributed by atoms with Crippen LogP contribution in [-0.2, 0) is 10.0 Å². The molecule has 7 saturated heterocycles. The summed E-state index contributed by atoms with van der Waals surface area (Å²) in [6, 6.07) is 20.3. The van der Waals surface area contributed by atoms with Crippen molar-refractivity contribution >= 4 is 194 Å². The van der Waals surface area contributed by atoms with Gasteiger partial charge in [0, 0.05) is 294 Å². The van der Waals surface area contributed by atoms with E-state index in [-0.39, 0.29) is 29.1 Å². The fourth-order valence-corrected chi connectivity index (χ4v) is 20.9. The molecule has 0 aliphatic carbocycles. The zero-order chi connectivity index (χ0) is 104. The van der Waals surface area contributed by atoms with E-state index in [2.05, 4.69) is 206 Å². The molecule has 0 bridgehead atoms. The second-order valence-corrected chi connectivity index (χ2v) is 41.3. The molecular formula is C96H122F6N38O2S7. The van der Waals surface area contributed by atoms with Gasteiger partial charge in [-0.15, -0.1) is 0 Å². The molecule has 149 heavy (non-hydrogen) atoms. The molecule has 8 aromatic heterocycles. The minimum Gasteiger partial charge on any atom is -0.383 e. The van der Waals surface area contributed by atoms with Crippen LogP contribution in [0.1, 0.15) is 113 Å². The maximum absolute atomic E-state index is 13.3. The molecule has 53 heteroatoms. The van der Waals surface area contributed by atoms with Crippen molar-refractivity contribution in [2.24, 2.45) is 30.6 Å². The number of thiocarbonyl (C=S) groups is 6. The first-order chi connectivity index (χ1) is 72.1.